The van der Waals surface area contributed by atoms with Gasteiger partial charge in [-0.25, -0.2) is 14.4 Å². The van der Waals surface area contributed by atoms with Crippen molar-refractivity contribution in [2.45, 2.75) is 70.8 Å². The Bertz CT molecular complexity index is 1030. The standard InChI is InChI=1S/C26H35FN4O4/c1-3-17(32)7-5-4-6-8-21(31-24(33)19-14-26(19)9-11-28-12-10-26)25-30-16-22(35-25)18-13-23(34-2)29-15-20(18)27/h13,15-16,19,21,28H,3-12,14H2,1-2H3,(H,31,33)/t19-,21+/m1/s1. The molecular weight excluding hydrogens is 451 g/mol. The third kappa shape index (κ3) is 6.07. The van der Waals surface area contributed by atoms with Gasteiger partial charge in [-0.05, 0) is 50.6 Å². The lowest BCUT2D eigenvalue weighted by Crippen LogP contribution is -2.35. The van der Waals surface area contributed by atoms with Crippen molar-refractivity contribution in [3.8, 4) is 17.2 Å². The highest BCUT2D eigenvalue weighted by Gasteiger charge is 2.57. The Balaban J connectivity index is 1.45. The van der Waals surface area contributed by atoms with Gasteiger partial charge in [0.1, 0.15) is 11.8 Å². The van der Waals surface area contributed by atoms with Crippen LogP contribution < -0.4 is 15.4 Å². The van der Waals surface area contributed by atoms with Crippen LogP contribution in [0, 0.1) is 17.2 Å². The van der Waals surface area contributed by atoms with Crippen LogP contribution in [0.5, 0.6) is 5.88 Å². The summed E-state index contributed by atoms with van der Waals surface area (Å²) in [5.41, 5.74) is 0.327. The Morgan fingerprint density at radius 3 is 2.80 bits per heavy atom. The van der Waals surface area contributed by atoms with Gasteiger partial charge < -0.3 is 19.8 Å². The highest BCUT2D eigenvalue weighted by Crippen LogP contribution is 2.58. The number of rotatable bonds is 12. The number of nitrogens with zero attached hydrogens (tertiary/aromatic N) is 2. The highest BCUT2D eigenvalue weighted by atomic mass is 19.1. The molecule has 0 radical (unpaired) electrons. The van der Waals surface area contributed by atoms with Gasteiger partial charge in [0.15, 0.2) is 11.6 Å². The molecule has 9 heteroatoms. The fourth-order valence-electron chi connectivity index (χ4n) is 5.04. The van der Waals surface area contributed by atoms with E-state index in [9.17, 15) is 14.0 Å². The fourth-order valence-corrected chi connectivity index (χ4v) is 5.04. The number of pyridine rings is 1. The summed E-state index contributed by atoms with van der Waals surface area (Å²) < 4.78 is 25.5. The lowest BCUT2D eigenvalue weighted by Gasteiger charge is -2.24. The van der Waals surface area contributed by atoms with Gasteiger partial charge in [0.05, 0.1) is 25.1 Å². The molecule has 1 spiro atoms. The van der Waals surface area contributed by atoms with Gasteiger partial charge in [-0.2, -0.15) is 0 Å². The van der Waals surface area contributed by atoms with Crippen LogP contribution in [0.2, 0.25) is 0 Å². The molecule has 2 N–H and O–H groups in total. The van der Waals surface area contributed by atoms with Gasteiger partial charge in [-0.15, -0.1) is 0 Å². The van der Waals surface area contributed by atoms with Gasteiger partial charge >= 0.3 is 0 Å². The molecule has 4 rings (SSSR count). The smallest absolute Gasteiger partial charge is 0.224 e. The zero-order valence-electron chi connectivity index (χ0n) is 20.6. The number of methoxy groups -OCH3 is 1. The monoisotopic (exact) mass is 486 g/mol. The third-order valence-corrected chi connectivity index (χ3v) is 7.39. The molecule has 2 fully saturated rings. The summed E-state index contributed by atoms with van der Waals surface area (Å²) in [6, 6.07) is 1.05. The van der Waals surface area contributed by atoms with E-state index in [1.54, 1.807) is 0 Å². The lowest BCUT2D eigenvalue weighted by atomic mass is 9.91. The van der Waals surface area contributed by atoms with Gasteiger partial charge in [-0.1, -0.05) is 19.8 Å². The molecular formula is C26H35FN4O4. The van der Waals surface area contributed by atoms with Crippen molar-refractivity contribution < 1.29 is 23.1 Å². The largest absolute Gasteiger partial charge is 0.481 e. The zero-order valence-corrected chi connectivity index (χ0v) is 20.6. The van der Waals surface area contributed by atoms with E-state index in [4.69, 9.17) is 9.15 Å². The number of Topliss-reactive ketones (excluding diaryl/α,β-unsaturated/α-hetero) is 1. The molecule has 1 aliphatic carbocycles. The van der Waals surface area contributed by atoms with Crippen LogP contribution in [0.4, 0.5) is 4.39 Å². The maximum Gasteiger partial charge on any atom is 0.224 e. The molecule has 8 nitrogen and oxygen atoms in total. The van der Waals surface area contributed by atoms with Crippen LogP contribution in [0.1, 0.15) is 76.6 Å². The fraction of sp³-hybridized carbons (Fsp3) is 0.615. The molecule has 1 saturated carbocycles. The second-order valence-corrected chi connectivity index (χ2v) is 9.69. The van der Waals surface area contributed by atoms with Crippen LogP contribution in [-0.4, -0.2) is 41.9 Å². The first kappa shape index (κ1) is 25.3. The van der Waals surface area contributed by atoms with Crippen molar-refractivity contribution in [3.63, 3.8) is 0 Å². The molecule has 190 valence electrons. The molecule has 1 amide bonds. The molecule has 1 aliphatic heterocycles. The van der Waals surface area contributed by atoms with E-state index in [-0.39, 0.29) is 40.2 Å². The maximum absolute atomic E-state index is 14.4. The average molecular weight is 487 g/mol. The number of piperidine rings is 1. The van der Waals surface area contributed by atoms with Crippen LogP contribution in [0.25, 0.3) is 11.3 Å². The molecule has 2 aromatic rings. The minimum absolute atomic E-state index is 0.0191. The molecule has 35 heavy (non-hydrogen) atoms. The number of ether oxygens (including phenoxy) is 1. The predicted octanol–water partition coefficient (Wildman–Crippen LogP) is 4.36. The number of oxazole rings is 1. The molecule has 3 heterocycles. The second kappa shape index (κ2) is 11.3. The number of hydrogen-bond acceptors (Lipinski definition) is 7. The Morgan fingerprint density at radius 1 is 1.26 bits per heavy atom. The first-order valence-corrected chi connectivity index (χ1v) is 12.6. The van der Waals surface area contributed by atoms with Crippen molar-refractivity contribution in [2.75, 3.05) is 20.2 Å². The topological polar surface area (TPSA) is 106 Å². The summed E-state index contributed by atoms with van der Waals surface area (Å²) in [6.45, 7) is 3.78. The average Bonchev–Trinajstić information content (AvgIpc) is 3.33. The van der Waals surface area contributed by atoms with Gasteiger partial charge in [0, 0.05) is 24.8 Å². The van der Waals surface area contributed by atoms with Gasteiger partial charge in [0.2, 0.25) is 17.7 Å². The van der Waals surface area contributed by atoms with E-state index in [0.29, 0.717) is 25.2 Å². The van der Waals surface area contributed by atoms with Crippen LogP contribution in [0.15, 0.2) is 22.9 Å². The van der Waals surface area contributed by atoms with E-state index in [1.165, 1.54) is 19.4 Å². The number of nitrogens with one attached hydrogen (secondary N) is 2. The first-order chi connectivity index (χ1) is 17.0. The summed E-state index contributed by atoms with van der Waals surface area (Å²) in [5.74, 6) is 0.663. The molecule has 0 aromatic carbocycles. The second-order valence-electron chi connectivity index (χ2n) is 9.69. The normalized spacial score (nSPS) is 19.3. The Labute approximate surface area is 205 Å². The van der Waals surface area contributed by atoms with E-state index < -0.39 is 11.9 Å². The number of ketones is 1. The number of unbranched alkanes of at least 4 members (excludes halogenated alkanes) is 2. The van der Waals surface area contributed by atoms with Crippen LogP contribution in [-0.2, 0) is 9.59 Å². The van der Waals surface area contributed by atoms with E-state index in [2.05, 4.69) is 20.6 Å². The molecule has 2 atom stereocenters. The summed E-state index contributed by atoms with van der Waals surface area (Å²) in [6.07, 6.45) is 9.81. The van der Waals surface area contributed by atoms with Crippen molar-refractivity contribution in [2.24, 2.45) is 11.3 Å². The number of hydrogen-bond donors (Lipinski definition) is 2. The van der Waals surface area contributed by atoms with Gasteiger partial charge in [-0.3, -0.25) is 9.59 Å². The number of carbonyl (C=O) groups is 2. The lowest BCUT2D eigenvalue weighted by molar-refractivity contribution is -0.124. The minimum Gasteiger partial charge on any atom is -0.481 e. The van der Waals surface area contributed by atoms with E-state index in [1.807, 2.05) is 6.92 Å². The Kier molecular flexibility index (Phi) is 8.15. The molecule has 0 unspecified atom stereocenters. The first-order valence-electron chi connectivity index (χ1n) is 12.6. The highest BCUT2D eigenvalue weighted by molar-refractivity contribution is 5.83. The Morgan fingerprint density at radius 2 is 2.06 bits per heavy atom. The third-order valence-electron chi connectivity index (χ3n) is 7.39. The number of carbonyl (C=O) groups excluding carboxylic acids is 2. The zero-order chi connectivity index (χ0) is 24.8. The number of amides is 1. The maximum atomic E-state index is 14.4. The molecule has 0 bridgehead atoms. The predicted molar refractivity (Wildman–Crippen MR) is 128 cm³/mol. The minimum atomic E-state index is -0.541. The summed E-state index contributed by atoms with van der Waals surface area (Å²) >= 11 is 0. The quantitative estimate of drug-likeness (QED) is 0.429. The van der Waals surface area contributed by atoms with Crippen molar-refractivity contribution >= 4 is 11.7 Å². The molecule has 2 aliphatic rings. The van der Waals surface area contributed by atoms with Crippen LogP contribution >= 0.6 is 0 Å². The van der Waals surface area contributed by atoms with E-state index in [0.717, 1.165) is 57.8 Å². The van der Waals surface area contributed by atoms with Crippen molar-refractivity contribution in [1.82, 2.24) is 20.6 Å². The van der Waals surface area contributed by atoms with Crippen LogP contribution in [0.3, 0.4) is 0 Å². The van der Waals surface area contributed by atoms with Crippen molar-refractivity contribution in [1.29, 1.82) is 0 Å². The SMILES string of the molecule is CCC(=O)CCCCC[C@H](NC(=O)[C@H]1CC12CCNCC2)c1ncc(-c2cc(OC)ncc2F)o1. The van der Waals surface area contributed by atoms with Gasteiger partial charge in [0.25, 0.3) is 0 Å². The number of halogens is 1. The number of aromatic nitrogens is 2. The molecule has 1 saturated heterocycles. The summed E-state index contributed by atoms with van der Waals surface area (Å²) in [7, 11) is 1.46. The molecule has 2 aromatic heterocycles. The summed E-state index contributed by atoms with van der Waals surface area (Å²) in [4.78, 5) is 33.0. The van der Waals surface area contributed by atoms with Crippen molar-refractivity contribution in [3.05, 3.63) is 30.2 Å². The van der Waals surface area contributed by atoms with E-state index >= 15 is 0 Å². The summed E-state index contributed by atoms with van der Waals surface area (Å²) in [5, 5.41) is 6.53. The Hall–Kier alpha value is -2.81.